The highest BCUT2D eigenvalue weighted by molar-refractivity contribution is 6.70. The molecule has 0 aromatic heterocycles. The van der Waals surface area contributed by atoms with E-state index in [2.05, 4.69) is 19.6 Å². The molecule has 0 saturated heterocycles. The summed E-state index contributed by atoms with van der Waals surface area (Å²) in [5.74, 6) is -0.796. The molecule has 0 spiro atoms. The van der Waals surface area contributed by atoms with Gasteiger partial charge in [0.2, 0.25) is 0 Å². The zero-order valence-electron chi connectivity index (χ0n) is 11.9. The third-order valence-corrected chi connectivity index (χ3v) is 10.1. The molecule has 0 amide bonds. The van der Waals surface area contributed by atoms with E-state index in [1.165, 1.54) is 0 Å². The Morgan fingerprint density at radius 2 is 1.45 bits per heavy atom. The second-order valence-electron chi connectivity index (χ2n) is 6.88. The van der Waals surface area contributed by atoms with Crippen molar-refractivity contribution in [1.82, 2.24) is 0 Å². The van der Waals surface area contributed by atoms with Crippen molar-refractivity contribution in [3.05, 3.63) is 21.2 Å². The van der Waals surface area contributed by atoms with Crippen molar-refractivity contribution in [2.24, 2.45) is 11.8 Å². The van der Waals surface area contributed by atoms with Crippen LogP contribution in [0.4, 0.5) is 0 Å². The maximum Gasteiger partial charge on any atom is 0.184 e. The summed E-state index contributed by atoms with van der Waals surface area (Å²) in [4.78, 5) is -2.69. The van der Waals surface area contributed by atoms with Gasteiger partial charge in [-0.05, 0) is 25.7 Å². The summed E-state index contributed by atoms with van der Waals surface area (Å²) in [6, 6.07) is 0. The second kappa shape index (κ2) is 5.11. The lowest BCUT2D eigenvalue weighted by Gasteiger charge is -2.38. The summed E-state index contributed by atoms with van der Waals surface area (Å²) in [5.41, 5.74) is 0. The Bertz CT molecular complexity index is 610. The molecule has 2 bridgehead atoms. The van der Waals surface area contributed by atoms with Crippen LogP contribution in [0.1, 0.15) is 0 Å². The van der Waals surface area contributed by atoms with Gasteiger partial charge in [0.25, 0.3) is 0 Å². The molecule has 0 aromatic carbocycles. The minimum Gasteiger partial charge on any atom is -0.411 e. The van der Waals surface area contributed by atoms with Gasteiger partial charge in [0.15, 0.2) is 12.7 Å². The molecule has 5 atom stereocenters. The third-order valence-electron chi connectivity index (χ3n) is 4.46. The molecular formula is C13H13Cl7OSi. The average Bonchev–Trinajstić information content (AvgIpc) is 2.77. The van der Waals surface area contributed by atoms with E-state index in [0.29, 0.717) is 5.03 Å². The van der Waals surface area contributed by atoms with E-state index in [0.717, 1.165) is 0 Å². The number of hydrogen-bond acceptors (Lipinski definition) is 1. The SMILES string of the molecule is C[Si](C)(C)OC1C=C(Cl)C2C1[C@@]1(Cl)C(Cl)=C(Cl)C2(Cl)C1(Cl)Cl. The van der Waals surface area contributed by atoms with Gasteiger partial charge in [0.1, 0.15) is 9.75 Å². The van der Waals surface area contributed by atoms with E-state index in [1.807, 2.05) is 6.08 Å². The van der Waals surface area contributed by atoms with Crippen LogP contribution in [0.25, 0.3) is 0 Å². The van der Waals surface area contributed by atoms with Crippen molar-refractivity contribution in [3.8, 4) is 0 Å². The van der Waals surface area contributed by atoms with Crippen molar-refractivity contribution >= 4 is 89.5 Å². The maximum atomic E-state index is 6.83. The number of fused-ring (bicyclic) bond motifs is 5. The van der Waals surface area contributed by atoms with Crippen LogP contribution in [-0.4, -0.2) is 28.5 Å². The van der Waals surface area contributed by atoms with Gasteiger partial charge in [-0.15, -0.1) is 23.2 Å². The van der Waals surface area contributed by atoms with Crippen LogP contribution in [0.15, 0.2) is 21.2 Å². The number of alkyl halides is 4. The quantitative estimate of drug-likeness (QED) is 0.341. The summed E-state index contributed by atoms with van der Waals surface area (Å²) in [7, 11) is -1.87. The minimum absolute atomic E-state index is 0.164. The standard InChI is InChI=1S/C13H13Cl7OSi/c1-22(2,3)21-6-4-5(14)7-8(6)12(18)10(16)9(15)11(7,17)13(12,19)20/h4,6-8H,1-3H3/t6?,7?,8?,11?,12-/m1/s1. The van der Waals surface area contributed by atoms with Crippen LogP contribution in [-0.2, 0) is 4.43 Å². The molecule has 0 aromatic rings. The largest absolute Gasteiger partial charge is 0.411 e. The monoisotopic (exact) mass is 458 g/mol. The Labute approximate surface area is 165 Å². The van der Waals surface area contributed by atoms with E-state index in [9.17, 15) is 0 Å². The van der Waals surface area contributed by atoms with Gasteiger partial charge in [-0.1, -0.05) is 58.0 Å². The first-order valence-electron chi connectivity index (χ1n) is 6.67. The van der Waals surface area contributed by atoms with Crippen molar-refractivity contribution in [2.45, 2.75) is 39.8 Å². The normalized spacial score (nSPS) is 46.3. The van der Waals surface area contributed by atoms with E-state index in [-0.39, 0.29) is 22.1 Å². The molecule has 1 nitrogen and oxygen atoms in total. The smallest absolute Gasteiger partial charge is 0.184 e. The molecule has 0 aliphatic heterocycles. The first-order valence-corrected chi connectivity index (χ1v) is 12.7. The molecular weight excluding hydrogens is 448 g/mol. The van der Waals surface area contributed by atoms with Gasteiger partial charge in [-0.3, -0.25) is 0 Å². The maximum absolute atomic E-state index is 6.83. The predicted molar refractivity (Wildman–Crippen MR) is 99.5 cm³/mol. The molecule has 1 saturated carbocycles. The molecule has 22 heavy (non-hydrogen) atoms. The molecule has 0 N–H and O–H groups in total. The Balaban J connectivity index is 2.17. The number of halogens is 7. The van der Waals surface area contributed by atoms with Crippen molar-refractivity contribution in [3.63, 3.8) is 0 Å². The molecule has 124 valence electrons. The lowest BCUT2D eigenvalue weighted by molar-refractivity contribution is 0.153. The van der Waals surface area contributed by atoms with E-state index >= 15 is 0 Å². The van der Waals surface area contributed by atoms with Crippen LogP contribution in [0, 0.1) is 11.8 Å². The fourth-order valence-electron chi connectivity index (χ4n) is 3.68. The molecule has 3 aliphatic rings. The molecule has 9 heteroatoms. The van der Waals surface area contributed by atoms with E-state index in [4.69, 9.17) is 85.6 Å². The van der Waals surface area contributed by atoms with Gasteiger partial charge < -0.3 is 4.43 Å². The minimum atomic E-state index is -1.87. The fourth-order valence-corrected chi connectivity index (χ4v) is 8.21. The van der Waals surface area contributed by atoms with E-state index < -0.39 is 28.3 Å². The number of allylic oxidation sites excluding steroid dienone is 3. The number of hydrogen-bond donors (Lipinski definition) is 0. The van der Waals surface area contributed by atoms with Crippen molar-refractivity contribution < 1.29 is 4.43 Å². The van der Waals surface area contributed by atoms with Crippen LogP contribution < -0.4 is 0 Å². The summed E-state index contributed by atoms with van der Waals surface area (Å²) < 4.78 is 4.63. The summed E-state index contributed by atoms with van der Waals surface area (Å²) in [6.07, 6.45) is 1.48. The Morgan fingerprint density at radius 3 is 1.95 bits per heavy atom. The number of rotatable bonds is 2. The highest BCUT2D eigenvalue weighted by Crippen LogP contribution is 2.79. The third kappa shape index (κ3) is 1.97. The molecule has 1 fully saturated rings. The van der Waals surface area contributed by atoms with Crippen molar-refractivity contribution in [1.29, 1.82) is 0 Å². The van der Waals surface area contributed by atoms with Crippen LogP contribution in [0.2, 0.25) is 19.6 Å². The average molecular weight is 462 g/mol. The van der Waals surface area contributed by atoms with Gasteiger partial charge in [0.05, 0.1) is 16.2 Å². The lowest BCUT2D eigenvalue weighted by atomic mass is 9.83. The van der Waals surface area contributed by atoms with Crippen molar-refractivity contribution in [2.75, 3.05) is 0 Å². The van der Waals surface area contributed by atoms with Crippen LogP contribution in [0.3, 0.4) is 0 Å². The molecule has 3 rings (SSSR count). The summed E-state index contributed by atoms with van der Waals surface area (Å²) >= 11 is 45.9. The second-order valence-corrected chi connectivity index (χ2v) is 15.0. The molecule has 4 unspecified atom stereocenters. The first-order chi connectivity index (χ1) is 9.80. The fraction of sp³-hybridized carbons (Fsp3) is 0.692. The first kappa shape index (κ1) is 18.5. The van der Waals surface area contributed by atoms with Gasteiger partial charge in [-0.2, -0.15) is 0 Å². The van der Waals surface area contributed by atoms with Crippen LogP contribution >= 0.6 is 81.2 Å². The highest BCUT2D eigenvalue weighted by atomic mass is 35.5. The van der Waals surface area contributed by atoms with Gasteiger partial charge >= 0.3 is 0 Å². The zero-order valence-corrected chi connectivity index (χ0v) is 18.2. The topological polar surface area (TPSA) is 9.23 Å². The summed E-state index contributed by atoms with van der Waals surface area (Å²) in [5, 5.41) is 0.858. The van der Waals surface area contributed by atoms with Gasteiger partial charge in [-0.25, -0.2) is 0 Å². The summed E-state index contributed by atoms with van der Waals surface area (Å²) in [6.45, 7) is 6.23. The molecule has 0 radical (unpaired) electrons. The Hall–Kier alpha value is 1.69. The van der Waals surface area contributed by atoms with Gasteiger partial charge in [0, 0.05) is 16.9 Å². The molecule has 0 heterocycles. The Morgan fingerprint density at radius 1 is 0.955 bits per heavy atom. The zero-order chi connectivity index (χ0) is 16.9. The highest BCUT2D eigenvalue weighted by Gasteiger charge is 2.84. The van der Waals surface area contributed by atoms with Crippen LogP contribution in [0.5, 0.6) is 0 Å². The molecule has 3 aliphatic carbocycles. The van der Waals surface area contributed by atoms with E-state index in [1.54, 1.807) is 0 Å². The Kier molecular flexibility index (Phi) is 4.29. The predicted octanol–water partition coefficient (Wildman–Crippen LogP) is 6.42. The lowest BCUT2D eigenvalue weighted by Crippen LogP contribution is -2.48.